The average molecular weight is 413 g/mol. The Morgan fingerprint density at radius 3 is 2.69 bits per heavy atom. The lowest BCUT2D eigenvalue weighted by molar-refractivity contribution is -0.137. The third-order valence-corrected chi connectivity index (χ3v) is 4.26. The van der Waals surface area contributed by atoms with Crippen molar-refractivity contribution in [2.24, 2.45) is 5.73 Å². The molecule has 1 aliphatic rings. The minimum atomic E-state index is -4.50. The molecule has 0 spiro atoms. The lowest BCUT2D eigenvalue weighted by atomic mass is 10.0. The molecule has 29 heavy (non-hydrogen) atoms. The molecule has 7 nitrogen and oxygen atoms in total. The van der Waals surface area contributed by atoms with Gasteiger partial charge in [-0.05, 0) is 37.3 Å². The van der Waals surface area contributed by atoms with E-state index >= 15 is 0 Å². The third kappa shape index (κ3) is 7.47. The first-order valence-corrected chi connectivity index (χ1v) is 9.04. The van der Waals surface area contributed by atoms with Crippen LogP contribution in [0.2, 0.25) is 0 Å². The Hall–Kier alpha value is -3.04. The molecule has 3 amide bonds. The molecule has 1 heterocycles. The van der Waals surface area contributed by atoms with Crippen molar-refractivity contribution >= 4 is 17.9 Å². The molecule has 0 aromatic heterocycles. The zero-order chi connectivity index (χ0) is 21.4. The van der Waals surface area contributed by atoms with Crippen molar-refractivity contribution in [1.82, 2.24) is 10.6 Å². The number of benzene rings is 1. The molecule has 158 valence electrons. The fourth-order valence-corrected chi connectivity index (χ4v) is 2.88. The SMILES string of the molecule is NC(=O)O[C@H]1CCCCNC(=O)/C=C/[C@H](Cc2cccc(C(F)(F)F)c2)NC1=O. The molecule has 0 aliphatic carbocycles. The first kappa shape index (κ1) is 22.3. The Morgan fingerprint density at radius 1 is 1.24 bits per heavy atom. The van der Waals surface area contributed by atoms with Crippen LogP contribution >= 0.6 is 0 Å². The highest BCUT2D eigenvalue weighted by atomic mass is 19.4. The van der Waals surface area contributed by atoms with Gasteiger partial charge < -0.3 is 21.1 Å². The highest BCUT2D eigenvalue weighted by molar-refractivity contribution is 5.88. The molecule has 0 bridgehead atoms. The number of hydrogen-bond acceptors (Lipinski definition) is 4. The van der Waals surface area contributed by atoms with Crippen molar-refractivity contribution < 1.29 is 32.3 Å². The number of primary amides is 1. The van der Waals surface area contributed by atoms with Gasteiger partial charge in [0, 0.05) is 12.6 Å². The van der Waals surface area contributed by atoms with E-state index in [0.717, 1.165) is 12.1 Å². The number of carbonyl (C=O) groups excluding carboxylic acids is 3. The molecule has 1 aromatic carbocycles. The molecule has 1 aliphatic heterocycles. The standard InChI is InChI=1S/C19H22F3N3O4/c20-19(21,22)13-5-3-4-12(10-13)11-14-7-8-16(26)24-9-2-1-6-15(17(27)25-14)29-18(23)28/h3-5,7-8,10,14-15H,1-2,6,9,11H2,(H2,23,28)(H,24,26)(H,25,27)/b8-7+/t14-,15+/m1/s1. The van der Waals surface area contributed by atoms with Gasteiger partial charge in [0.15, 0.2) is 6.10 Å². The first-order chi connectivity index (χ1) is 13.6. The summed E-state index contributed by atoms with van der Waals surface area (Å²) in [6.07, 6.45) is -2.86. The second kappa shape index (κ2) is 9.94. The summed E-state index contributed by atoms with van der Waals surface area (Å²) in [7, 11) is 0. The van der Waals surface area contributed by atoms with Crippen LogP contribution in [0.4, 0.5) is 18.0 Å². The zero-order valence-corrected chi connectivity index (χ0v) is 15.5. The predicted molar refractivity (Wildman–Crippen MR) is 97.5 cm³/mol. The van der Waals surface area contributed by atoms with Gasteiger partial charge in [0.1, 0.15) is 0 Å². The van der Waals surface area contributed by atoms with Crippen molar-refractivity contribution in [2.75, 3.05) is 6.54 Å². The lowest BCUT2D eigenvalue weighted by Crippen LogP contribution is -2.44. The normalized spacial score (nSPS) is 22.4. The van der Waals surface area contributed by atoms with Gasteiger partial charge in [-0.2, -0.15) is 13.2 Å². The van der Waals surface area contributed by atoms with Crippen molar-refractivity contribution in [2.45, 2.75) is 44.0 Å². The van der Waals surface area contributed by atoms with Gasteiger partial charge in [-0.25, -0.2) is 4.79 Å². The molecule has 2 rings (SSSR count). The van der Waals surface area contributed by atoms with Crippen LogP contribution in [-0.2, 0) is 26.9 Å². The number of nitrogens with one attached hydrogen (secondary N) is 2. The van der Waals surface area contributed by atoms with Crippen LogP contribution in [0.5, 0.6) is 0 Å². The largest absolute Gasteiger partial charge is 0.436 e. The molecule has 4 N–H and O–H groups in total. The fraction of sp³-hybridized carbons (Fsp3) is 0.421. The Kier molecular flexibility index (Phi) is 7.63. The maximum atomic E-state index is 12.9. The highest BCUT2D eigenvalue weighted by Crippen LogP contribution is 2.29. The molecule has 0 radical (unpaired) electrons. The number of carbonyl (C=O) groups is 3. The summed E-state index contributed by atoms with van der Waals surface area (Å²) in [5, 5.41) is 5.26. The summed E-state index contributed by atoms with van der Waals surface area (Å²) in [6, 6.07) is 3.89. The first-order valence-electron chi connectivity index (χ1n) is 9.04. The van der Waals surface area contributed by atoms with Crippen LogP contribution in [0.25, 0.3) is 0 Å². The van der Waals surface area contributed by atoms with Crippen molar-refractivity contribution in [3.05, 3.63) is 47.5 Å². The maximum absolute atomic E-state index is 12.9. The molecule has 2 atom stereocenters. The van der Waals surface area contributed by atoms with Crippen LogP contribution in [0, 0.1) is 0 Å². The monoisotopic (exact) mass is 413 g/mol. The van der Waals surface area contributed by atoms with E-state index in [1.807, 2.05) is 0 Å². The van der Waals surface area contributed by atoms with Crippen LogP contribution in [0.1, 0.15) is 30.4 Å². The van der Waals surface area contributed by atoms with Gasteiger partial charge in [0.05, 0.1) is 11.6 Å². The van der Waals surface area contributed by atoms with E-state index < -0.39 is 35.9 Å². The highest BCUT2D eigenvalue weighted by Gasteiger charge is 2.30. The summed E-state index contributed by atoms with van der Waals surface area (Å²) in [5.41, 5.74) is 4.52. The summed E-state index contributed by atoms with van der Waals surface area (Å²) in [4.78, 5) is 35.4. The van der Waals surface area contributed by atoms with Crippen molar-refractivity contribution in [1.29, 1.82) is 0 Å². The molecule has 0 unspecified atom stereocenters. The van der Waals surface area contributed by atoms with E-state index in [2.05, 4.69) is 10.6 Å². The molecule has 0 saturated heterocycles. The van der Waals surface area contributed by atoms with E-state index in [1.54, 1.807) is 0 Å². The van der Waals surface area contributed by atoms with E-state index in [4.69, 9.17) is 10.5 Å². The predicted octanol–water partition coefficient (Wildman–Crippen LogP) is 2.05. The minimum absolute atomic E-state index is 0.00271. The van der Waals surface area contributed by atoms with Crippen molar-refractivity contribution in [3.63, 3.8) is 0 Å². The van der Waals surface area contributed by atoms with Crippen LogP contribution < -0.4 is 16.4 Å². The van der Waals surface area contributed by atoms with E-state index in [1.165, 1.54) is 24.3 Å². The van der Waals surface area contributed by atoms with Crippen LogP contribution in [-0.4, -0.2) is 36.6 Å². The Bertz CT molecular complexity index is 780. The van der Waals surface area contributed by atoms with Crippen molar-refractivity contribution in [3.8, 4) is 0 Å². The number of ether oxygens (including phenoxy) is 1. The molecule has 10 heteroatoms. The fourth-order valence-electron chi connectivity index (χ4n) is 2.88. The quantitative estimate of drug-likeness (QED) is 0.704. The average Bonchev–Trinajstić information content (AvgIpc) is 2.63. The number of hydrogen-bond donors (Lipinski definition) is 3. The van der Waals surface area contributed by atoms with E-state index in [-0.39, 0.29) is 18.7 Å². The topological polar surface area (TPSA) is 111 Å². The minimum Gasteiger partial charge on any atom is -0.436 e. The van der Waals surface area contributed by atoms with Gasteiger partial charge in [-0.3, -0.25) is 9.59 Å². The number of rotatable bonds is 3. The maximum Gasteiger partial charge on any atom is 0.416 e. The number of alkyl halides is 3. The van der Waals surface area contributed by atoms with E-state index in [9.17, 15) is 27.6 Å². The lowest BCUT2D eigenvalue weighted by Gasteiger charge is -2.21. The Morgan fingerprint density at radius 2 is 2.00 bits per heavy atom. The number of halogens is 3. The zero-order valence-electron chi connectivity index (χ0n) is 15.5. The van der Waals surface area contributed by atoms with Crippen LogP contribution in [0.3, 0.4) is 0 Å². The summed E-state index contributed by atoms with van der Waals surface area (Å²) in [5.74, 6) is -1.01. The Balaban J connectivity index is 2.23. The second-order valence-corrected chi connectivity index (χ2v) is 6.59. The molecule has 0 fully saturated rings. The summed E-state index contributed by atoms with van der Waals surface area (Å²) < 4.78 is 43.7. The Labute approximate surface area is 165 Å². The van der Waals surface area contributed by atoms with Gasteiger partial charge in [-0.1, -0.05) is 24.3 Å². The van der Waals surface area contributed by atoms with Crippen LogP contribution in [0.15, 0.2) is 36.4 Å². The summed E-state index contributed by atoms with van der Waals surface area (Å²) >= 11 is 0. The molecule has 0 saturated carbocycles. The van der Waals surface area contributed by atoms with Gasteiger partial charge >= 0.3 is 12.3 Å². The molecular weight excluding hydrogens is 391 g/mol. The summed E-state index contributed by atoms with van der Waals surface area (Å²) in [6.45, 7) is 0.367. The molecular formula is C19H22F3N3O4. The van der Waals surface area contributed by atoms with E-state index in [0.29, 0.717) is 24.9 Å². The smallest absolute Gasteiger partial charge is 0.416 e. The number of nitrogens with two attached hydrogens (primary N) is 1. The number of amides is 3. The van der Waals surface area contributed by atoms with Gasteiger partial charge in [0.2, 0.25) is 5.91 Å². The molecule has 1 aromatic rings. The second-order valence-electron chi connectivity index (χ2n) is 6.59. The van der Waals surface area contributed by atoms with Gasteiger partial charge in [-0.15, -0.1) is 0 Å². The third-order valence-electron chi connectivity index (χ3n) is 4.26. The van der Waals surface area contributed by atoms with Gasteiger partial charge in [0.25, 0.3) is 5.91 Å².